The molecule has 1 N–H and O–H groups in total. The van der Waals surface area contributed by atoms with Crippen molar-refractivity contribution in [3.63, 3.8) is 0 Å². The standard InChI is InChI=1S/C58H118NO7P/c1-6-8-10-12-14-16-18-20-22-24-26-28-29-30-31-32-33-35-37-39-41-43-45-47-49-51-58(60)66-57(56-65-67(61,62)64-54-52-59(3,4)5)55-63-53-50-48-46-44-42-40-38-36-34-27-25-23-21-19-17-15-13-11-9-7-2/h57H,6-56H2,1-5H3/p+1. The van der Waals surface area contributed by atoms with Crippen molar-refractivity contribution >= 4 is 13.8 Å². The Labute approximate surface area is 418 Å². The highest BCUT2D eigenvalue weighted by atomic mass is 31.2. The molecule has 0 saturated carbocycles. The van der Waals surface area contributed by atoms with E-state index in [1.165, 1.54) is 257 Å². The predicted octanol–water partition coefficient (Wildman–Crippen LogP) is 18.7. The summed E-state index contributed by atoms with van der Waals surface area (Å²) in [5.41, 5.74) is 0. The van der Waals surface area contributed by atoms with Crippen LogP contribution in [0.1, 0.15) is 309 Å². The summed E-state index contributed by atoms with van der Waals surface area (Å²) in [6.07, 6.45) is 60.3. The Hall–Kier alpha value is -0.500. The topological polar surface area (TPSA) is 91.3 Å². The fourth-order valence-electron chi connectivity index (χ4n) is 9.09. The van der Waals surface area contributed by atoms with E-state index in [-0.39, 0.29) is 25.8 Å². The zero-order chi connectivity index (χ0) is 49.0. The lowest BCUT2D eigenvalue weighted by atomic mass is 10.0. The van der Waals surface area contributed by atoms with Crippen LogP contribution in [0.15, 0.2) is 0 Å². The number of carbonyl (C=O) groups excluding carboxylic acids is 1. The quantitative estimate of drug-likeness (QED) is 0.0281. The number of carbonyl (C=O) groups is 1. The van der Waals surface area contributed by atoms with E-state index < -0.39 is 13.9 Å². The van der Waals surface area contributed by atoms with Gasteiger partial charge in [0.2, 0.25) is 0 Å². The lowest BCUT2D eigenvalue weighted by molar-refractivity contribution is -0.870. The molecule has 2 unspecified atom stereocenters. The van der Waals surface area contributed by atoms with Crippen LogP contribution >= 0.6 is 7.82 Å². The van der Waals surface area contributed by atoms with E-state index in [0.29, 0.717) is 24.1 Å². The molecule has 0 heterocycles. The number of hydrogen-bond donors (Lipinski definition) is 1. The molecule has 0 rings (SSSR count). The number of esters is 1. The van der Waals surface area contributed by atoms with Crippen LogP contribution in [0, 0.1) is 0 Å². The molecule has 0 aliphatic carbocycles. The first-order valence-corrected chi connectivity index (χ1v) is 31.3. The van der Waals surface area contributed by atoms with Crippen molar-refractivity contribution in [1.29, 1.82) is 0 Å². The van der Waals surface area contributed by atoms with Gasteiger partial charge in [-0.1, -0.05) is 290 Å². The number of ether oxygens (including phenoxy) is 2. The Kier molecular flexibility index (Phi) is 51.5. The first kappa shape index (κ1) is 66.5. The van der Waals surface area contributed by atoms with E-state index in [4.69, 9.17) is 18.5 Å². The lowest BCUT2D eigenvalue weighted by Crippen LogP contribution is -2.37. The fraction of sp³-hybridized carbons (Fsp3) is 0.983. The molecule has 0 fully saturated rings. The number of phosphoric acid groups is 1. The first-order valence-electron chi connectivity index (χ1n) is 29.8. The minimum absolute atomic E-state index is 0.0945. The Bertz CT molecular complexity index is 1040. The van der Waals surface area contributed by atoms with Gasteiger partial charge in [0, 0.05) is 13.0 Å². The monoisotopic (exact) mass is 973 g/mol. The number of unbranched alkanes of at least 4 members (excludes halogenated alkanes) is 43. The molecule has 0 spiro atoms. The number of likely N-dealkylation sites (N-methyl/N-ethyl adjacent to an activating group) is 1. The summed E-state index contributed by atoms with van der Waals surface area (Å²) in [6.45, 7) is 5.72. The summed E-state index contributed by atoms with van der Waals surface area (Å²) in [5.74, 6) is -0.302. The minimum atomic E-state index is -4.28. The van der Waals surface area contributed by atoms with Gasteiger partial charge in [-0.15, -0.1) is 0 Å². The number of nitrogens with zero attached hydrogens (tertiary/aromatic N) is 1. The average molecular weight is 974 g/mol. The van der Waals surface area contributed by atoms with Crippen LogP contribution < -0.4 is 0 Å². The van der Waals surface area contributed by atoms with Gasteiger partial charge in [-0.2, -0.15) is 0 Å². The molecule has 0 aliphatic rings. The largest absolute Gasteiger partial charge is 0.472 e. The highest BCUT2D eigenvalue weighted by Gasteiger charge is 2.26. The normalized spacial score (nSPS) is 13.3. The highest BCUT2D eigenvalue weighted by Crippen LogP contribution is 2.43. The van der Waals surface area contributed by atoms with Crippen molar-refractivity contribution in [3.8, 4) is 0 Å². The van der Waals surface area contributed by atoms with Gasteiger partial charge in [0.25, 0.3) is 0 Å². The zero-order valence-corrected chi connectivity index (χ0v) is 46.8. The van der Waals surface area contributed by atoms with E-state index in [1.54, 1.807) is 0 Å². The van der Waals surface area contributed by atoms with Gasteiger partial charge in [0.1, 0.15) is 19.3 Å². The Balaban J connectivity index is 3.98. The summed E-state index contributed by atoms with van der Waals surface area (Å²) in [6, 6.07) is 0. The molecule has 2 atom stereocenters. The molecular formula is C58H119NO7P+. The van der Waals surface area contributed by atoms with Crippen LogP contribution in [-0.2, 0) is 27.9 Å². The van der Waals surface area contributed by atoms with Crippen molar-refractivity contribution in [2.75, 3.05) is 54.1 Å². The van der Waals surface area contributed by atoms with E-state index in [9.17, 15) is 14.3 Å². The van der Waals surface area contributed by atoms with Crippen molar-refractivity contribution in [1.82, 2.24) is 0 Å². The molecule has 67 heavy (non-hydrogen) atoms. The third-order valence-electron chi connectivity index (χ3n) is 13.7. The Morgan fingerprint density at radius 1 is 0.403 bits per heavy atom. The average Bonchev–Trinajstić information content (AvgIpc) is 3.29. The summed E-state index contributed by atoms with van der Waals surface area (Å²) < 4.78 is 35.3. The van der Waals surface area contributed by atoms with Crippen LogP contribution in [0.3, 0.4) is 0 Å². The number of rotatable bonds is 57. The van der Waals surface area contributed by atoms with E-state index in [1.807, 2.05) is 21.1 Å². The molecule has 0 aromatic carbocycles. The molecule has 0 aromatic rings. The van der Waals surface area contributed by atoms with Crippen molar-refractivity contribution < 1.29 is 37.3 Å². The molecular weight excluding hydrogens is 854 g/mol. The summed E-state index contributed by atoms with van der Waals surface area (Å²) in [5, 5.41) is 0. The van der Waals surface area contributed by atoms with Gasteiger partial charge in [-0.25, -0.2) is 4.57 Å². The van der Waals surface area contributed by atoms with E-state index in [0.717, 1.165) is 32.1 Å². The maximum absolute atomic E-state index is 12.8. The van der Waals surface area contributed by atoms with Gasteiger partial charge in [0.15, 0.2) is 0 Å². The molecule has 0 amide bonds. The predicted molar refractivity (Wildman–Crippen MR) is 289 cm³/mol. The molecule has 0 saturated heterocycles. The SMILES string of the molecule is CCCCCCCCCCCCCCCCCCCCCCCCCCCC(=O)OC(COCCCCCCCCCCCCCCCCCCCCCC)COP(=O)(O)OCC[N+](C)(C)C. The van der Waals surface area contributed by atoms with Gasteiger partial charge in [0.05, 0.1) is 34.4 Å². The van der Waals surface area contributed by atoms with Gasteiger partial charge in [-0.3, -0.25) is 13.8 Å². The molecule has 0 radical (unpaired) electrons. The van der Waals surface area contributed by atoms with Crippen molar-refractivity contribution in [2.24, 2.45) is 0 Å². The number of phosphoric ester groups is 1. The van der Waals surface area contributed by atoms with Gasteiger partial charge < -0.3 is 18.9 Å². The maximum Gasteiger partial charge on any atom is 0.472 e. The Morgan fingerprint density at radius 2 is 0.687 bits per heavy atom. The molecule has 8 nitrogen and oxygen atoms in total. The summed E-state index contributed by atoms with van der Waals surface area (Å²) in [4.78, 5) is 23.1. The molecule has 0 aliphatic heterocycles. The third-order valence-corrected chi connectivity index (χ3v) is 14.7. The van der Waals surface area contributed by atoms with E-state index >= 15 is 0 Å². The third kappa shape index (κ3) is 56.3. The van der Waals surface area contributed by atoms with Crippen LogP contribution in [0.2, 0.25) is 0 Å². The van der Waals surface area contributed by atoms with Gasteiger partial charge in [-0.05, 0) is 12.8 Å². The van der Waals surface area contributed by atoms with Crippen molar-refractivity contribution in [2.45, 2.75) is 315 Å². The molecule has 9 heteroatoms. The second-order valence-corrected chi connectivity index (χ2v) is 23.2. The van der Waals surface area contributed by atoms with Crippen LogP contribution in [0.4, 0.5) is 0 Å². The second-order valence-electron chi connectivity index (χ2n) is 21.8. The number of hydrogen-bond acceptors (Lipinski definition) is 6. The second kappa shape index (κ2) is 51.8. The van der Waals surface area contributed by atoms with Crippen LogP contribution in [0.5, 0.6) is 0 Å². The molecule has 0 bridgehead atoms. The van der Waals surface area contributed by atoms with Crippen LogP contribution in [-0.4, -0.2) is 75.6 Å². The minimum Gasteiger partial charge on any atom is -0.457 e. The summed E-state index contributed by atoms with van der Waals surface area (Å²) in [7, 11) is 1.69. The summed E-state index contributed by atoms with van der Waals surface area (Å²) >= 11 is 0. The highest BCUT2D eigenvalue weighted by molar-refractivity contribution is 7.47. The molecule has 0 aromatic heterocycles. The first-order chi connectivity index (χ1) is 32.6. The molecule has 402 valence electrons. The number of quaternary nitrogens is 1. The smallest absolute Gasteiger partial charge is 0.457 e. The maximum atomic E-state index is 12.8. The fourth-order valence-corrected chi connectivity index (χ4v) is 9.83. The van der Waals surface area contributed by atoms with E-state index in [2.05, 4.69) is 13.8 Å². The zero-order valence-electron chi connectivity index (χ0n) is 45.9. The van der Waals surface area contributed by atoms with Gasteiger partial charge >= 0.3 is 13.8 Å². The Morgan fingerprint density at radius 3 is 0.985 bits per heavy atom. The van der Waals surface area contributed by atoms with Crippen LogP contribution in [0.25, 0.3) is 0 Å². The van der Waals surface area contributed by atoms with Crippen molar-refractivity contribution in [3.05, 3.63) is 0 Å². The lowest BCUT2D eigenvalue weighted by Gasteiger charge is -2.24.